The van der Waals surface area contributed by atoms with Crippen LogP contribution in [0, 0.1) is 5.41 Å². The average molecular weight is 273 g/mol. The number of carbonyl (C=O) groups is 1. The monoisotopic (exact) mass is 273 g/mol. The third-order valence-electron chi connectivity index (χ3n) is 3.24. The average Bonchev–Trinajstić information content (AvgIpc) is 2.32. The smallest absolute Gasteiger partial charge is 0.225 e. The van der Waals surface area contributed by atoms with Crippen molar-refractivity contribution < 1.29 is 9.53 Å². The largest absolute Gasteiger partial charge is 0.375 e. The Labute approximate surface area is 117 Å². The second-order valence-corrected chi connectivity index (χ2v) is 6.14. The third-order valence-corrected chi connectivity index (χ3v) is 3.24. The van der Waals surface area contributed by atoms with Crippen LogP contribution in [-0.2, 0) is 9.53 Å². The van der Waals surface area contributed by atoms with E-state index in [0.717, 1.165) is 13.0 Å². The summed E-state index contributed by atoms with van der Waals surface area (Å²) in [5.74, 6) is 0.0366. The van der Waals surface area contributed by atoms with Crippen LogP contribution in [0.25, 0.3) is 0 Å². The molecule has 0 heterocycles. The van der Waals surface area contributed by atoms with E-state index in [0.29, 0.717) is 26.1 Å². The highest BCUT2D eigenvalue weighted by Crippen LogP contribution is 2.23. The summed E-state index contributed by atoms with van der Waals surface area (Å²) in [7, 11) is 1.93. The second kappa shape index (κ2) is 8.51. The molecule has 0 radical (unpaired) electrons. The number of nitrogens with one attached hydrogen (secondary N) is 2. The first-order valence-electron chi connectivity index (χ1n) is 7.02. The molecule has 5 heteroatoms. The van der Waals surface area contributed by atoms with Crippen molar-refractivity contribution in [3.05, 3.63) is 0 Å². The van der Waals surface area contributed by atoms with E-state index in [2.05, 4.69) is 24.5 Å². The van der Waals surface area contributed by atoms with E-state index in [1.165, 1.54) is 0 Å². The molecular formula is C14H31N3O2. The molecule has 5 nitrogen and oxygen atoms in total. The highest BCUT2D eigenvalue weighted by Gasteiger charge is 2.28. The molecule has 0 aliphatic carbocycles. The van der Waals surface area contributed by atoms with E-state index in [1.54, 1.807) is 0 Å². The third kappa shape index (κ3) is 8.18. The maximum Gasteiger partial charge on any atom is 0.225 e. The lowest BCUT2D eigenvalue weighted by atomic mass is 9.88. The van der Waals surface area contributed by atoms with Crippen LogP contribution < -0.4 is 16.4 Å². The van der Waals surface area contributed by atoms with Gasteiger partial charge < -0.3 is 21.1 Å². The molecule has 19 heavy (non-hydrogen) atoms. The van der Waals surface area contributed by atoms with Crippen molar-refractivity contribution in [1.82, 2.24) is 10.6 Å². The van der Waals surface area contributed by atoms with Gasteiger partial charge in [0, 0.05) is 25.1 Å². The normalized spacial score (nSPS) is 12.5. The van der Waals surface area contributed by atoms with Crippen molar-refractivity contribution >= 4 is 5.91 Å². The summed E-state index contributed by atoms with van der Waals surface area (Å²) in [5, 5.41) is 5.94. The lowest BCUT2D eigenvalue weighted by molar-refractivity contribution is -0.131. The maximum absolute atomic E-state index is 11.9. The van der Waals surface area contributed by atoms with Crippen molar-refractivity contribution in [2.24, 2.45) is 11.1 Å². The molecule has 1 amide bonds. The molecule has 0 spiro atoms. The van der Waals surface area contributed by atoms with Gasteiger partial charge in [-0.15, -0.1) is 0 Å². The van der Waals surface area contributed by atoms with Crippen LogP contribution in [0.2, 0.25) is 0 Å². The van der Waals surface area contributed by atoms with E-state index < -0.39 is 5.41 Å². The molecule has 0 unspecified atom stereocenters. The van der Waals surface area contributed by atoms with Crippen LogP contribution in [-0.4, -0.2) is 44.8 Å². The van der Waals surface area contributed by atoms with Crippen molar-refractivity contribution in [3.8, 4) is 0 Å². The van der Waals surface area contributed by atoms with E-state index in [1.807, 2.05) is 20.9 Å². The quantitative estimate of drug-likeness (QED) is 0.552. The minimum absolute atomic E-state index is 0.0366. The minimum atomic E-state index is -0.422. The zero-order chi connectivity index (χ0) is 14.9. The number of nitrogens with two attached hydrogens (primary N) is 1. The summed E-state index contributed by atoms with van der Waals surface area (Å²) >= 11 is 0. The molecule has 114 valence electrons. The number of amides is 1. The van der Waals surface area contributed by atoms with Gasteiger partial charge in [-0.1, -0.05) is 13.8 Å². The summed E-state index contributed by atoms with van der Waals surface area (Å²) in [6, 6.07) is 0. The van der Waals surface area contributed by atoms with Gasteiger partial charge in [0.2, 0.25) is 5.91 Å². The van der Waals surface area contributed by atoms with E-state index in [4.69, 9.17) is 10.5 Å². The van der Waals surface area contributed by atoms with Crippen LogP contribution in [0.1, 0.15) is 40.5 Å². The predicted molar refractivity (Wildman–Crippen MR) is 79.0 cm³/mol. The Bertz CT molecular complexity index is 265. The van der Waals surface area contributed by atoms with Crippen LogP contribution in [0.3, 0.4) is 0 Å². The molecule has 0 atom stereocenters. The summed E-state index contributed by atoms with van der Waals surface area (Å²) in [4.78, 5) is 11.9. The molecule has 0 aliphatic rings. The summed E-state index contributed by atoms with van der Waals surface area (Å²) in [6.07, 6.45) is 1.65. The summed E-state index contributed by atoms with van der Waals surface area (Å²) < 4.78 is 5.88. The number of rotatable bonds is 10. The van der Waals surface area contributed by atoms with Gasteiger partial charge in [-0.25, -0.2) is 0 Å². The Kier molecular flexibility index (Phi) is 8.22. The molecular weight excluding hydrogens is 242 g/mol. The van der Waals surface area contributed by atoms with E-state index >= 15 is 0 Å². The van der Waals surface area contributed by atoms with Gasteiger partial charge in [-0.3, -0.25) is 4.79 Å². The van der Waals surface area contributed by atoms with Crippen molar-refractivity contribution in [3.63, 3.8) is 0 Å². The number of ether oxygens (including phenoxy) is 1. The molecule has 0 saturated heterocycles. The predicted octanol–water partition coefficient (Wildman–Crippen LogP) is 0.882. The Morgan fingerprint density at radius 2 is 1.79 bits per heavy atom. The van der Waals surface area contributed by atoms with Gasteiger partial charge >= 0.3 is 0 Å². The summed E-state index contributed by atoms with van der Waals surface area (Å²) in [6.45, 7) is 10.5. The zero-order valence-electron chi connectivity index (χ0n) is 13.1. The molecule has 0 bridgehead atoms. The van der Waals surface area contributed by atoms with Crippen LogP contribution >= 0.6 is 0 Å². The molecule has 0 aromatic rings. The fourth-order valence-electron chi connectivity index (χ4n) is 1.62. The molecule has 0 rings (SSSR count). The molecule has 0 aromatic carbocycles. The van der Waals surface area contributed by atoms with Gasteiger partial charge in [-0.05, 0) is 40.3 Å². The molecule has 0 aliphatic heterocycles. The van der Waals surface area contributed by atoms with E-state index in [9.17, 15) is 4.79 Å². The standard InChI is InChI=1S/C14H31N3O2/c1-13(2,12(18)17-10-8-15)7-11-19-14(3,4)6-9-16-5/h16H,6-11,15H2,1-5H3,(H,17,18). The van der Waals surface area contributed by atoms with Crippen LogP contribution in [0.15, 0.2) is 0 Å². The number of carbonyl (C=O) groups excluding carboxylic acids is 1. The molecule has 0 saturated carbocycles. The van der Waals surface area contributed by atoms with Gasteiger partial charge in [-0.2, -0.15) is 0 Å². The SMILES string of the molecule is CNCCC(C)(C)OCCC(C)(C)C(=O)NCCN. The van der Waals surface area contributed by atoms with Crippen LogP contribution in [0.4, 0.5) is 0 Å². The number of hydrogen-bond acceptors (Lipinski definition) is 4. The minimum Gasteiger partial charge on any atom is -0.375 e. The highest BCUT2D eigenvalue weighted by atomic mass is 16.5. The molecule has 4 N–H and O–H groups in total. The van der Waals surface area contributed by atoms with Crippen LogP contribution in [0.5, 0.6) is 0 Å². The Balaban J connectivity index is 4.06. The van der Waals surface area contributed by atoms with Gasteiger partial charge in [0.15, 0.2) is 0 Å². The van der Waals surface area contributed by atoms with Crippen molar-refractivity contribution in [1.29, 1.82) is 0 Å². The van der Waals surface area contributed by atoms with Gasteiger partial charge in [0.05, 0.1) is 5.60 Å². The summed E-state index contributed by atoms with van der Waals surface area (Å²) in [5.41, 5.74) is 4.80. The fraction of sp³-hybridized carbons (Fsp3) is 0.929. The van der Waals surface area contributed by atoms with E-state index in [-0.39, 0.29) is 11.5 Å². The number of hydrogen-bond donors (Lipinski definition) is 3. The molecule has 0 aromatic heterocycles. The first-order chi connectivity index (χ1) is 8.75. The lowest BCUT2D eigenvalue weighted by Crippen LogP contribution is -2.40. The lowest BCUT2D eigenvalue weighted by Gasteiger charge is -2.29. The van der Waals surface area contributed by atoms with Gasteiger partial charge in [0.1, 0.15) is 0 Å². The van der Waals surface area contributed by atoms with Crippen molar-refractivity contribution in [2.75, 3.05) is 33.3 Å². The fourth-order valence-corrected chi connectivity index (χ4v) is 1.62. The Hall–Kier alpha value is -0.650. The highest BCUT2D eigenvalue weighted by molar-refractivity contribution is 5.81. The first-order valence-corrected chi connectivity index (χ1v) is 7.02. The topological polar surface area (TPSA) is 76.4 Å². The zero-order valence-corrected chi connectivity index (χ0v) is 13.1. The first kappa shape index (κ1) is 18.4. The Morgan fingerprint density at radius 3 is 2.32 bits per heavy atom. The van der Waals surface area contributed by atoms with Crippen molar-refractivity contribution in [2.45, 2.75) is 46.1 Å². The second-order valence-electron chi connectivity index (χ2n) is 6.14. The van der Waals surface area contributed by atoms with Gasteiger partial charge in [0.25, 0.3) is 0 Å². The maximum atomic E-state index is 11.9. The Morgan fingerprint density at radius 1 is 1.16 bits per heavy atom. The molecule has 0 fully saturated rings.